The first kappa shape index (κ1) is 11.0. The minimum atomic E-state index is -1.13. The van der Waals surface area contributed by atoms with Crippen LogP contribution in [0.15, 0.2) is 0 Å². The lowest BCUT2D eigenvalue weighted by atomic mass is 10.8. The molecule has 0 aliphatic heterocycles. The van der Waals surface area contributed by atoms with E-state index in [4.69, 9.17) is 4.74 Å². The number of ether oxygens (including phenoxy) is 1. The fourth-order valence-corrected chi connectivity index (χ4v) is 2.76. The predicted molar refractivity (Wildman–Crippen MR) is 52.4 cm³/mol. The van der Waals surface area contributed by atoms with Crippen LogP contribution in [0.3, 0.4) is 0 Å². The zero-order chi connectivity index (χ0) is 8.91. The van der Waals surface area contributed by atoms with Gasteiger partial charge < -0.3 is 4.74 Å². The Morgan fingerprint density at radius 3 is 2.36 bits per heavy atom. The van der Waals surface area contributed by atoms with Crippen molar-refractivity contribution in [1.29, 1.82) is 0 Å². The number of carbonyl (C=O) groups excluding carboxylic acids is 1. The van der Waals surface area contributed by atoms with Crippen molar-refractivity contribution in [3.63, 3.8) is 0 Å². The molecule has 0 aromatic carbocycles. The Balaban J connectivity index is 3.46. The Kier molecular flexibility index (Phi) is 4.84. The van der Waals surface area contributed by atoms with Crippen LogP contribution < -0.4 is 0 Å². The van der Waals surface area contributed by atoms with E-state index < -0.39 is 7.22 Å². The van der Waals surface area contributed by atoms with Gasteiger partial charge in [0.05, 0.1) is 12.4 Å². The van der Waals surface area contributed by atoms with Crippen molar-refractivity contribution in [3.05, 3.63) is 0 Å². The number of rotatable bonds is 4. The Labute approximate surface area is 73.4 Å². The standard InChI is InChI=1S/C7H16O2SSi/c1-5-9-7(8)6-10-11(2,3)4/h5-6H2,1-4H3. The lowest BCUT2D eigenvalue weighted by Crippen LogP contribution is -2.18. The quantitative estimate of drug-likeness (QED) is 0.504. The second kappa shape index (κ2) is 4.82. The van der Waals surface area contributed by atoms with Gasteiger partial charge >= 0.3 is 5.97 Å². The average molecular weight is 192 g/mol. The number of hydrogen-bond donors (Lipinski definition) is 0. The highest BCUT2D eigenvalue weighted by Gasteiger charge is 2.15. The third-order valence-corrected chi connectivity index (χ3v) is 5.21. The van der Waals surface area contributed by atoms with E-state index in [1.54, 1.807) is 11.2 Å². The van der Waals surface area contributed by atoms with Crippen LogP contribution in [-0.2, 0) is 9.53 Å². The summed E-state index contributed by atoms with van der Waals surface area (Å²) in [6.07, 6.45) is 0. The summed E-state index contributed by atoms with van der Waals surface area (Å²) < 4.78 is 4.80. The van der Waals surface area contributed by atoms with E-state index >= 15 is 0 Å². The lowest BCUT2D eigenvalue weighted by molar-refractivity contribution is -0.139. The second-order valence-electron chi connectivity index (χ2n) is 3.21. The van der Waals surface area contributed by atoms with Gasteiger partial charge in [0.1, 0.15) is 7.22 Å². The van der Waals surface area contributed by atoms with Gasteiger partial charge in [-0.3, -0.25) is 4.79 Å². The molecule has 4 heteroatoms. The minimum absolute atomic E-state index is 0.0834. The molecule has 0 aromatic rings. The van der Waals surface area contributed by atoms with Crippen molar-refractivity contribution in [1.82, 2.24) is 0 Å². The summed E-state index contributed by atoms with van der Waals surface area (Å²) in [7, 11) is -1.13. The average Bonchev–Trinajstić information content (AvgIpc) is 1.83. The van der Waals surface area contributed by atoms with Crippen LogP contribution in [0.2, 0.25) is 19.6 Å². The molecule has 0 bridgehead atoms. The van der Waals surface area contributed by atoms with E-state index in [2.05, 4.69) is 19.6 Å². The molecule has 0 saturated heterocycles. The summed E-state index contributed by atoms with van der Waals surface area (Å²) in [6.45, 7) is 8.98. The predicted octanol–water partition coefficient (Wildman–Crippen LogP) is 2.12. The van der Waals surface area contributed by atoms with E-state index in [9.17, 15) is 4.79 Å². The summed E-state index contributed by atoms with van der Waals surface area (Å²) in [4.78, 5) is 10.9. The fraction of sp³-hybridized carbons (Fsp3) is 0.857. The van der Waals surface area contributed by atoms with Crippen LogP contribution in [0.4, 0.5) is 0 Å². The maximum atomic E-state index is 10.9. The first-order chi connectivity index (χ1) is 4.95. The molecule has 0 aliphatic rings. The first-order valence-electron chi connectivity index (χ1n) is 3.75. The van der Waals surface area contributed by atoms with Gasteiger partial charge in [0.2, 0.25) is 0 Å². The molecule has 0 rings (SSSR count). The molecule has 66 valence electrons. The highest BCUT2D eigenvalue weighted by Crippen LogP contribution is 2.18. The van der Waals surface area contributed by atoms with Gasteiger partial charge in [0.25, 0.3) is 0 Å². The van der Waals surface area contributed by atoms with E-state index in [-0.39, 0.29) is 5.97 Å². The molecule has 0 heterocycles. The van der Waals surface area contributed by atoms with Gasteiger partial charge in [-0.05, 0) is 6.92 Å². The third kappa shape index (κ3) is 7.94. The highest BCUT2D eigenvalue weighted by molar-refractivity contribution is 8.29. The molecule has 11 heavy (non-hydrogen) atoms. The molecular formula is C7H16O2SSi. The first-order valence-corrected chi connectivity index (χ1v) is 8.96. The molecule has 0 saturated carbocycles. The van der Waals surface area contributed by atoms with Crippen molar-refractivity contribution in [3.8, 4) is 0 Å². The monoisotopic (exact) mass is 192 g/mol. The molecule has 0 radical (unpaired) electrons. The maximum Gasteiger partial charge on any atom is 0.315 e. The summed E-state index contributed by atoms with van der Waals surface area (Å²) in [5, 5.41) is 0. The van der Waals surface area contributed by atoms with Crippen LogP contribution in [0, 0.1) is 0 Å². The lowest BCUT2D eigenvalue weighted by Gasteiger charge is -2.13. The summed E-state index contributed by atoms with van der Waals surface area (Å²) in [5.41, 5.74) is 0. The van der Waals surface area contributed by atoms with E-state index in [0.717, 1.165) is 0 Å². The van der Waals surface area contributed by atoms with Crippen molar-refractivity contribution in [2.45, 2.75) is 26.6 Å². The smallest absolute Gasteiger partial charge is 0.315 e. The molecule has 0 aliphatic carbocycles. The fourth-order valence-electron chi connectivity index (χ4n) is 0.478. The van der Waals surface area contributed by atoms with Crippen molar-refractivity contribution in [2.75, 3.05) is 12.4 Å². The zero-order valence-corrected chi connectivity index (χ0v) is 9.46. The van der Waals surface area contributed by atoms with Crippen LogP contribution in [-0.4, -0.2) is 25.6 Å². The Bertz CT molecular complexity index is 131. The molecule has 0 aromatic heterocycles. The van der Waals surface area contributed by atoms with E-state index in [0.29, 0.717) is 12.4 Å². The number of carbonyl (C=O) groups is 1. The van der Waals surface area contributed by atoms with Crippen LogP contribution >= 0.6 is 11.2 Å². The highest BCUT2D eigenvalue weighted by atomic mass is 32.4. The molecule has 0 spiro atoms. The molecule has 2 nitrogen and oxygen atoms in total. The Hall–Kier alpha value is 0.0369. The Morgan fingerprint density at radius 2 is 2.00 bits per heavy atom. The van der Waals surface area contributed by atoms with Gasteiger partial charge in [-0.25, -0.2) is 0 Å². The van der Waals surface area contributed by atoms with Gasteiger partial charge in [-0.1, -0.05) is 19.6 Å². The maximum absolute atomic E-state index is 10.9. The molecule has 0 fully saturated rings. The van der Waals surface area contributed by atoms with Gasteiger partial charge in [0, 0.05) is 0 Å². The van der Waals surface area contributed by atoms with E-state index in [1.807, 2.05) is 6.92 Å². The van der Waals surface area contributed by atoms with Crippen molar-refractivity contribution < 1.29 is 9.53 Å². The molecule has 0 unspecified atom stereocenters. The van der Waals surface area contributed by atoms with Crippen molar-refractivity contribution in [2.24, 2.45) is 0 Å². The number of esters is 1. The van der Waals surface area contributed by atoms with Gasteiger partial charge in [-0.2, -0.15) is 11.2 Å². The largest absolute Gasteiger partial charge is 0.465 e. The molecule has 0 atom stereocenters. The number of hydrogen-bond acceptors (Lipinski definition) is 3. The molecule has 0 N–H and O–H groups in total. The van der Waals surface area contributed by atoms with Gasteiger partial charge in [-0.15, -0.1) is 0 Å². The summed E-state index contributed by atoms with van der Waals surface area (Å²) in [6, 6.07) is 0. The molecular weight excluding hydrogens is 176 g/mol. The van der Waals surface area contributed by atoms with Crippen LogP contribution in [0.25, 0.3) is 0 Å². The van der Waals surface area contributed by atoms with Crippen LogP contribution in [0.5, 0.6) is 0 Å². The van der Waals surface area contributed by atoms with Crippen LogP contribution in [0.1, 0.15) is 6.92 Å². The summed E-state index contributed by atoms with van der Waals surface area (Å²) in [5.74, 6) is 0.434. The van der Waals surface area contributed by atoms with Gasteiger partial charge in [0.15, 0.2) is 0 Å². The normalized spacial score (nSPS) is 11.3. The van der Waals surface area contributed by atoms with E-state index in [1.165, 1.54) is 0 Å². The SMILES string of the molecule is CCOC(=O)CS[Si](C)(C)C. The zero-order valence-electron chi connectivity index (χ0n) is 7.64. The molecule has 0 amide bonds. The Morgan fingerprint density at radius 1 is 1.45 bits per heavy atom. The van der Waals surface area contributed by atoms with Crippen molar-refractivity contribution >= 4 is 24.4 Å². The summed E-state index contributed by atoms with van der Waals surface area (Å²) >= 11 is 1.75. The third-order valence-electron chi connectivity index (χ3n) is 0.928. The minimum Gasteiger partial charge on any atom is -0.465 e. The second-order valence-corrected chi connectivity index (χ2v) is 12.5. The topological polar surface area (TPSA) is 26.3 Å².